The van der Waals surface area contributed by atoms with Crippen LogP contribution < -0.4 is 34.6 Å². The van der Waals surface area contributed by atoms with Gasteiger partial charge in [-0.15, -0.1) is 4.99 Å². The van der Waals surface area contributed by atoms with Crippen molar-refractivity contribution in [3.8, 4) is 0 Å². The molecule has 0 heterocycles. The molecule has 0 spiro atoms. The first kappa shape index (κ1) is 14.1. The molecule has 5 nitrogen and oxygen atoms in total. The highest BCUT2D eigenvalue weighted by Crippen LogP contribution is 2.17. The van der Waals surface area contributed by atoms with E-state index in [-0.39, 0.29) is 30.0 Å². The molecule has 1 aromatic carbocycles. The van der Waals surface area contributed by atoms with Crippen molar-refractivity contribution >= 4 is 17.6 Å². The summed E-state index contributed by atoms with van der Waals surface area (Å²) in [5.74, 6) is -1.73. The first-order chi connectivity index (χ1) is 6.99. The van der Waals surface area contributed by atoms with E-state index in [1.54, 1.807) is 0 Å². The third-order valence-electron chi connectivity index (χ3n) is 1.42. The highest BCUT2D eigenvalue weighted by atomic mass is 35.5. The quantitative estimate of drug-likeness (QED) is 0.297. The summed E-state index contributed by atoms with van der Waals surface area (Å²) in [6.07, 6.45) is 0. The molecule has 8 heteroatoms. The van der Waals surface area contributed by atoms with E-state index in [0.29, 0.717) is 0 Å². The van der Waals surface area contributed by atoms with Gasteiger partial charge in [-0.1, -0.05) is 0 Å². The molecule has 0 bridgehead atoms. The average Bonchev–Trinajstić information content (AvgIpc) is 2.10. The van der Waals surface area contributed by atoms with Gasteiger partial charge in [-0.2, -0.15) is 0 Å². The van der Waals surface area contributed by atoms with Gasteiger partial charge in [0.15, 0.2) is 11.5 Å². The van der Waals surface area contributed by atoms with Crippen LogP contribution in [0.1, 0.15) is 0 Å². The number of rotatable bonds is 1. The van der Waals surface area contributed by atoms with Crippen LogP contribution in [0.25, 0.3) is 0 Å². The van der Waals surface area contributed by atoms with Crippen LogP contribution in [0.15, 0.2) is 23.2 Å². The van der Waals surface area contributed by atoms with Gasteiger partial charge in [0, 0.05) is 6.07 Å². The van der Waals surface area contributed by atoms with Crippen LogP contribution in [0.2, 0.25) is 0 Å². The Morgan fingerprint density at radius 1 is 1.19 bits per heavy atom. The second-order valence-electron chi connectivity index (χ2n) is 2.67. The van der Waals surface area contributed by atoms with E-state index in [1.165, 1.54) is 0 Å². The lowest BCUT2D eigenvalue weighted by Crippen LogP contribution is -3.00. The largest absolute Gasteiger partial charge is 1.00 e. The summed E-state index contributed by atoms with van der Waals surface area (Å²) in [5, 5.41) is 0. The molecule has 0 aliphatic heterocycles. The lowest BCUT2D eigenvalue weighted by atomic mass is 10.3. The number of hydrogen-bond acceptors (Lipinski definition) is 1. The van der Waals surface area contributed by atoms with E-state index >= 15 is 0 Å². The minimum absolute atomic E-state index is 0. The van der Waals surface area contributed by atoms with Crippen molar-refractivity contribution < 1.29 is 26.2 Å². The first-order valence-electron chi connectivity index (χ1n) is 3.93. The van der Waals surface area contributed by atoms with E-state index < -0.39 is 11.6 Å². The van der Waals surface area contributed by atoms with Crippen LogP contribution in [0.5, 0.6) is 0 Å². The summed E-state index contributed by atoms with van der Waals surface area (Å²) in [4.78, 5) is 5.80. The normalized spacial score (nSPS) is 10.5. The fraction of sp³-hybridized carbons (Fsp3) is 0. The van der Waals surface area contributed by atoms with Gasteiger partial charge in [-0.05, 0) is 12.1 Å². The van der Waals surface area contributed by atoms with E-state index in [1.807, 2.05) is 0 Å². The third kappa shape index (κ3) is 4.09. The predicted octanol–water partition coefficient (Wildman–Crippen LogP) is -4.73. The Bertz CT molecular complexity index is 428. The Morgan fingerprint density at radius 3 is 2.38 bits per heavy atom. The number of guanidine groups is 2. The number of nitrogens with one attached hydrogen (secondary N) is 1. The van der Waals surface area contributed by atoms with Crippen LogP contribution in [0, 0.1) is 11.6 Å². The number of hydrogen-bond donors (Lipinski definition) is 4. The van der Waals surface area contributed by atoms with Gasteiger partial charge < -0.3 is 29.6 Å². The molecule has 0 saturated heterocycles. The molecule has 16 heavy (non-hydrogen) atoms. The van der Waals surface area contributed by atoms with E-state index in [4.69, 9.17) is 17.2 Å². The molecule has 0 radical (unpaired) electrons. The Labute approximate surface area is 96.5 Å². The molecule has 0 saturated carbocycles. The van der Waals surface area contributed by atoms with Gasteiger partial charge in [-0.3, -0.25) is 0 Å². The molecule has 7 N–H and O–H groups in total. The third-order valence-corrected chi connectivity index (χ3v) is 1.42. The molecular formula is C8H10ClF2N5. The molecule has 0 unspecified atom stereocenters. The van der Waals surface area contributed by atoms with E-state index in [9.17, 15) is 8.78 Å². The average molecular weight is 250 g/mol. The lowest BCUT2D eigenvalue weighted by Gasteiger charge is -1.94. The molecular weight excluding hydrogens is 240 g/mol. The van der Waals surface area contributed by atoms with Crippen LogP contribution in [-0.2, 0) is 0 Å². The van der Waals surface area contributed by atoms with Crippen molar-refractivity contribution in [1.29, 1.82) is 0 Å². The summed E-state index contributed by atoms with van der Waals surface area (Å²) < 4.78 is 25.7. The fourth-order valence-electron chi connectivity index (χ4n) is 0.877. The molecule has 1 aromatic rings. The maximum absolute atomic E-state index is 13.0. The van der Waals surface area contributed by atoms with Gasteiger partial charge in [-0.25, -0.2) is 13.8 Å². The first-order valence-corrected chi connectivity index (χ1v) is 3.93. The minimum atomic E-state index is -0.697. The molecule has 1 rings (SSSR count). The Hall–Kier alpha value is -1.89. The molecule has 0 fully saturated rings. The zero-order valence-corrected chi connectivity index (χ0v) is 8.80. The smallest absolute Gasteiger partial charge is 0.316 e. The maximum Gasteiger partial charge on any atom is 0.316 e. The van der Waals surface area contributed by atoms with Gasteiger partial charge in [0.25, 0.3) is 5.96 Å². The van der Waals surface area contributed by atoms with Gasteiger partial charge in [0.05, 0.1) is 0 Å². The second-order valence-corrected chi connectivity index (χ2v) is 2.67. The van der Waals surface area contributed by atoms with Crippen LogP contribution in [0.4, 0.5) is 14.5 Å². The molecule has 0 aromatic heterocycles. The Kier molecular flexibility index (Phi) is 5.17. The molecule has 0 atom stereocenters. The zero-order chi connectivity index (χ0) is 11.4. The van der Waals surface area contributed by atoms with Gasteiger partial charge in [0.2, 0.25) is 0 Å². The van der Waals surface area contributed by atoms with Crippen molar-refractivity contribution in [2.45, 2.75) is 0 Å². The maximum atomic E-state index is 13.0. The summed E-state index contributed by atoms with van der Waals surface area (Å²) in [6, 6.07) is 2.81. The van der Waals surface area contributed by atoms with Crippen LogP contribution in [-0.4, -0.2) is 11.9 Å². The number of aliphatic imine (C=N–C) groups is 1. The van der Waals surface area contributed by atoms with Crippen molar-refractivity contribution in [3.63, 3.8) is 0 Å². The highest BCUT2D eigenvalue weighted by Gasteiger charge is 2.05. The molecule has 0 amide bonds. The number of nitrogens with two attached hydrogens (primary N) is 3. The number of benzene rings is 1. The standard InChI is InChI=1S/C8H9F2N5.ClH/c9-4-1-2-5(10)6(3-4)14-8(13)15-7(11)12;/h1-3H,(H6,11,12,13,14,15);1H. The summed E-state index contributed by atoms with van der Waals surface area (Å²) >= 11 is 0. The SMILES string of the molecule is NC(=Nc1cc(F)ccc1F)[NH+]=C(N)N.[Cl-]. The lowest BCUT2D eigenvalue weighted by molar-refractivity contribution is -0.320. The molecule has 0 aliphatic rings. The van der Waals surface area contributed by atoms with Crippen LogP contribution in [0.3, 0.4) is 0 Å². The predicted molar refractivity (Wildman–Crippen MR) is 52.0 cm³/mol. The summed E-state index contributed by atoms with van der Waals surface area (Å²) in [6.45, 7) is 0. The van der Waals surface area contributed by atoms with Gasteiger partial charge in [0.1, 0.15) is 5.82 Å². The van der Waals surface area contributed by atoms with E-state index in [2.05, 4.69) is 9.98 Å². The number of nitrogens with zero attached hydrogens (tertiary/aromatic N) is 1. The fourth-order valence-corrected chi connectivity index (χ4v) is 0.877. The summed E-state index contributed by atoms with van der Waals surface area (Å²) in [5.41, 5.74) is 15.2. The minimum Gasteiger partial charge on any atom is -1.00 e. The van der Waals surface area contributed by atoms with Crippen molar-refractivity contribution in [2.24, 2.45) is 22.2 Å². The monoisotopic (exact) mass is 249 g/mol. The molecule has 88 valence electrons. The van der Waals surface area contributed by atoms with Crippen molar-refractivity contribution in [2.75, 3.05) is 0 Å². The van der Waals surface area contributed by atoms with Gasteiger partial charge >= 0.3 is 5.96 Å². The topological polar surface area (TPSA) is 104 Å². The van der Waals surface area contributed by atoms with Crippen molar-refractivity contribution in [1.82, 2.24) is 0 Å². The Morgan fingerprint density at radius 2 is 1.81 bits per heavy atom. The van der Waals surface area contributed by atoms with E-state index in [0.717, 1.165) is 18.2 Å². The second kappa shape index (κ2) is 5.86. The van der Waals surface area contributed by atoms with Crippen molar-refractivity contribution in [3.05, 3.63) is 29.8 Å². The number of halogens is 3. The highest BCUT2D eigenvalue weighted by molar-refractivity contribution is 5.79. The van der Waals surface area contributed by atoms with Crippen LogP contribution >= 0.6 is 0 Å². The Balaban J connectivity index is 0.00000225. The zero-order valence-electron chi connectivity index (χ0n) is 8.05. The summed E-state index contributed by atoms with van der Waals surface area (Å²) in [7, 11) is 0. The molecule has 0 aliphatic carbocycles.